The molecule has 0 bridgehead atoms. The summed E-state index contributed by atoms with van der Waals surface area (Å²) in [6.45, 7) is 3.24. The van der Waals surface area contributed by atoms with E-state index in [1.807, 2.05) is 6.92 Å². The van der Waals surface area contributed by atoms with Crippen LogP contribution in [0.1, 0.15) is 30.3 Å². The number of hydrogen-bond acceptors (Lipinski definition) is 3. The van der Waals surface area contributed by atoms with E-state index in [0.717, 1.165) is 6.42 Å². The zero-order chi connectivity index (χ0) is 12.4. The Morgan fingerprint density at radius 1 is 1.59 bits per heavy atom. The first-order chi connectivity index (χ1) is 8.13. The molecule has 0 unspecified atom stereocenters. The highest BCUT2D eigenvalue weighted by Gasteiger charge is 2.33. The van der Waals surface area contributed by atoms with E-state index in [0.29, 0.717) is 25.2 Å². The van der Waals surface area contributed by atoms with Crippen molar-refractivity contribution in [2.24, 2.45) is 5.73 Å². The van der Waals surface area contributed by atoms with Crippen molar-refractivity contribution in [3.63, 3.8) is 0 Å². The molecule has 2 heterocycles. The van der Waals surface area contributed by atoms with Crippen LogP contribution in [0.4, 0.5) is 0 Å². The van der Waals surface area contributed by atoms with Gasteiger partial charge in [-0.2, -0.15) is 5.10 Å². The Bertz CT molecular complexity index is 440. The van der Waals surface area contributed by atoms with Crippen LogP contribution in [0, 0.1) is 0 Å². The minimum atomic E-state index is -0.478. The van der Waals surface area contributed by atoms with Gasteiger partial charge in [0.15, 0.2) is 0 Å². The molecule has 6 heteroatoms. The predicted molar refractivity (Wildman–Crippen MR) is 61.2 cm³/mol. The van der Waals surface area contributed by atoms with Gasteiger partial charge in [0.2, 0.25) is 5.91 Å². The number of amides is 2. The Balaban J connectivity index is 2.16. The Kier molecular flexibility index (Phi) is 3.12. The van der Waals surface area contributed by atoms with Gasteiger partial charge in [-0.05, 0) is 25.8 Å². The van der Waals surface area contributed by atoms with Gasteiger partial charge in [0.1, 0.15) is 11.7 Å². The second kappa shape index (κ2) is 4.57. The van der Waals surface area contributed by atoms with E-state index in [1.165, 1.54) is 4.90 Å². The molecule has 1 aromatic rings. The van der Waals surface area contributed by atoms with Crippen LogP contribution >= 0.6 is 0 Å². The lowest BCUT2D eigenvalue weighted by molar-refractivity contribution is -0.121. The second-order valence-corrected chi connectivity index (χ2v) is 4.12. The summed E-state index contributed by atoms with van der Waals surface area (Å²) < 4.78 is 1.68. The first-order valence-electron chi connectivity index (χ1n) is 5.77. The first kappa shape index (κ1) is 11.6. The van der Waals surface area contributed by atoms with Crippen molar-refractivity contribution >= 4 is 11.8 Å². The van der Waals surface area contributed by atoms with Gasteiger partial charge in [0.05, 0.1) is 0 Å². The average Bonchev–Trinajstić information content (AvgIpc) is 2.97. The van der Waals surface area contributed by atoms with Gasteiger partial charge < -0.3 is 10.6 Å². The van der Waals surface area contributed by atoms with Gasteiger partial charge in [-0.25, -0.2) is 0 Å². The van der Waals surface area contributed by atoms with Crippen LogP contribution in [0.25, 0.3) is 0 Å². The average molecular weight is 236 g/mol. The number of aryl methyl sites for hydroxylation is 1. The van der Waals surface area contributed by atoms with Crippen LogP contribution in [-0.2, 0) is 11.3 Å². The maximum atomic E-state index is 12.1. The van der Waals surface area contributed by atoms with Gasteiger partial charge in [-0.1, -0.05) is 0 Å². The van der Waals surface area contributed by atoms with E-state index in [2.05, 4.69) is 5.10 Å². The highest BCUT2D eigenvalue weighted by Crippen LogP contribution is 2.19. The Labute approximate surface area is 99.4 Å². The minimum absolute atomic E-state index is 0.210. The molecule has 0 aliphatic carbocycles. The third kappa shape index (κ3) is 2.15. The Morgan fingerprint density at radius 3 is 2.94 bits per heavy atom. The largest absolute Gasteiger partial charge is 0.368 e. The summed E-state index contributed by atoms with van der Waals surface area (Å²) in [4.78, 5) is 24.9. The maximum absolute atomic E-state index is 12.1. The molecule has 1 aliphatic heterocycles. The van der Waals surface area contributed by atoms with Crippen molar-refractivity contribution in [1.82, 2.24) is 14.7 Å². The zero-order valence-corrected chi connectivity index (χ0v) is 9.80. The molecule has 1 atom stereocenters. The minimum Gasteiger partial charge on any atom is -0.368 e. The SMILES string of the molecule is CCn1ccc(C(=O)N2CCC[C@@H]2C(N)=O)n1. The lowest BCUT2D eigenvalue weighted by atomic mass is 10.2. The molecule has 2 rings (SSSR count). The number of likely N-dealkylation sites (tertiary alicyclic amines) is 1. The number of hydrogen-bond donors (Lipinski definition) is 1. The number of nitrogens with two attached hydrogens (primary N) is 1. The summed E-state index contributed by atoms with van der Waals surface area (Å²) in [5.74, 6) is -0.649. The summed E-state index contributed by atoms with van der Waals surface area (Å²) in [5.41, 5.74) is 5.65. The molecule has 2 amide bonds. The molecule has 2 N–H and O–H groups in total. The molecule has 17 heavy (non-hydrogen) atoms. The van der Waals surface area contributed by atoms with Crippen LogP contribution in [0.15, 0.2) is 12.3 Å². The zero-order valence-electron chi connectivity index (χ0n) is 9.80. The first-order valence-corrected chi connectivity index (χ1v) is 5.77. The molecule has 1 fully saturated rings. The van der Waals surface area contributed by atoms with E-state index in [4.69, 9.17) is 5.73 Å². The summed E-state index contributed by atoms with van der Waals surface area (Å²) in [6, 6.07) is 1.19. The van der Waals surface area contributed by atoms with Gasteiger partial charge >= 0.3 is 0 Å². The van der Waals surface area contributed by atoms with Crippen molar-refractivity contribution in [1.29, 1.82) is 0 Å². The molecule has 0 saturated carbocycles. The van der Waals surface area contributed by atoms with Gasteiger partial charge in [-0.15, -0.1) is 0 Å². The monoisotopic (exact) mass is 236 g/mol. The molecular weight excluding hydrogens is 220 g/mol. The molecule has 1 aliphatic rings. The fourth-order valence-corrected chi connectivity index (χ4v) is 2.10. The van der Waals surface area contributed by atoms with Gasteiger partial charge in [0.25, 0.3) is 5.91 Å². The number of carbonyl (C=O) groups excluding carboxylic acids is 2. The third-order valence-corrected chi connectivity index (χ3v) is 3.03. The number of carbonyl (C=O) groups is 2. The van der Waals surface area contributed by atoms with Crippen LogP contribution < -0.4 is 5.73 Å². The molecule has 1 saturated heterocycles. The van der Waals surface area contributed by atoms with Gasteiger partial charge in [0, 0.05) is 19.3 Å². The maximum Gasteiger partial charge on any atom is 0.275 e. The standard InChI is InChI=1S/C11H16N4O2/c1-2-14-7-5-8(13-14)11(17)15-6-3-4-9(15)10(12)16/h5,7,9H,2-4,6H2,1H3,(H2,12,16)/t9-/m1/s1. The number of rotatable bonds is 3. The predicted octanol–water partition coefficient (Wildman–Crippen LogP) is -0.00710. The fourth-order valence-electron chi connectivity index (χ4n) is 2.10. The van der Waals surface area contributed by atoms with Crippen LogP contribution in [0.5, 0.6) is 0 Å². The highest BCUT2D eigenvalue weighted by molar-refractivity contribution is 5.96. The topological polar surface area (TPSA) is 81.2 Å². The van der Waals surface area contributed by atoms with E-state index >= 15 is 0 Å². The van der Waals surface area contributed by atoms with E-state index in [9.17, 15) is 9.59 Å². The normalized spacial score (nSPS) is 19.6. The lowest BCUT2D eigenvalue weighted by Gasteiger charge is -2.20. The molecule has 0 spiro atoms. The van der Waals surface area contributed by atoms with Gasteiger partial charge in [-0.3, -0.25) is 14.3 Å². The molecule has 1 aromatic heterocycles. The Morgan fingerprint density at radius 2 is 2.35 bits per heavy atom. The van der Waals surface area contributed by atoms with Crippen LogP contribution in [0.2, 0.25) is 0 Å². The molecule has 92 valence electrons. The van der Waals surface area contributed by atoms with Crippen molar-refractivity contribution in [3.05, 3.63) is 18.0 Å². The molecule has 6 nitrogen and oxygen atoms in total. The van der Waals surface area contributed by atoms with E-state index in [1.54, 1.807) is 16.9 Å². The van der Waals surface area contributed by atoms with E-state index < -0.39 is 11.9 Å². The van der Waals surface area contributed by atoms with Crippen molar-refractivity contribution < 1.29 is 9.59 Å². The number of primary amides is 1. The molecular formula is C11H16N4O2. The van der Waals surface area contributed by atoms with Crippen LogP contribution in [-0.4, -0.2) is 39.1 Å². The Hall–Kier alpha value is -1.85. The summed E-state index contributed by atoms with van der Waals surface area (Å²) >= 11 is 0. The summed E-state index contributed by atoms with van der Waals surface area (Å²) in [7, 11) is 0. The van der Waals surface area contributed by atoms with Crippen molar-refractivity contribution in [2.45, 2.75) is 32.4 Å². The fraction of sp³-hybridized carbons (Fsp3) is 0.545. The third-order valence-electron chi connectivity index (χ3n) is 3.03. The second-order valence-electron chi connectivity index (χ2n) is 4.12. The molecule has 0 radical (unpaired) electrons. The lowest BCUT2D eigenvalue weighted by Crippen LogP contribution is -2.43. The summed E-state index contributed by atoms with van der Waals surface area (Å²) in [5, 5.41) is 4.14. The smallest absolute Gasteiger partial charge is 0.275 e. The van der Waals surface area contributed by atoms with Crippen LogP contribution in [0.3, 0.4) is 0 Å². The molecule has 0 aromatic carbocycles. The highest BCUT2D eigenvalue weighted by atomic mass is 16.2. The van der Waals surface area contributed by atoms with E-state index in [-0.39, 0.29) is 5.91 Å². The van der Waals surface area contributed by atoms with Crippen molar-refractivity contribution in [3.8, 4) is 0 Å². The van der Waals surface area contributed by atoms with Crippen molar-refractivity contribution in [2.75, 3.05) is 6.54 Å². The number of nitrogens with zero attached hydrogens (tertiary/aromatic N) is 3. The quantitative estimate of drug-likeness (QED) is 0.801. The number of aromatic nitrogens is 2. The summed E-state index contributed by atoms with van der Waals surface area (Å²) in [6.07, 6.45) is 3.21.